The Kier molecular flexibility index (Phi) is 8.96. The summed E-state index contributed by atoms with van der Waals surface area (Å²) in [4.78, 5) is 29.8. The molecule has 0 bridgehead atoms. The molecule has 13 nitrogen and oxygen atoms in total. The van der Waals surface area contributed by atoms with Gasteiger partial charge in [0, 0.05) is 43.6 Å². The van der Waals surface area contributed by atoms with Crippen molar-refractivity contribution < 1.29 is 22.8 Å². The fourth-order valence-corrected chi connectivity index (χ4v) is 7.16. The number of nitrogens with two attached hydrogens (primary N) is 1. The lowest BCUT2D eigenvalue weighted by molar-refractivity contribution is -0.137. The molecule has 0 atom stereocenters. The van der Waals surface area contributed by atoms with Crippen molar-refractivity contribution in [2.45, 2.75) is 63.2 Å². The number of carbonyl (C=O) groups is 2. The lowest BCUT2D eigenvalue weighted by Gasteiger charge is -2.46. The molecule has 3 aromatic heterocycles. The minimum Gasteiger partial charge on any atom is -0.396 e. The molecule has 2 fully saturated rings. The number of aromatic nitrogens is 6. The summed E-state index contributed by atoms with van der Waals surface area (Å²) in [6, 6.07) is 12.2. The van der Waals surface area contributed by atoms with Gasteiger partial charge in [0.05, 0.1) is 46.3 Å². The fourth-order valence-electron chi connectivity index (χ4n) is 7.16. The molecular formula is C37H38F3N11O2. The van der Waals surface area contributed by atoms with Crippen LogP contribution in [0.2, 0.25) is 0 Å². The third-order valence-corrected chi connectivity index (χ3v) is 10.2. The second-order valence-electron chi connectivity index (χ2n) is 14.2. The highest BCUT2D eigenvalue weighted by molar-refractivity contribution is 5.98. The Hall–Kier alpha value is -6.11. The molecule has 1 aliphatic carbocycles. The summed E-state index contributed by atoms with van der Waals surface area (Å²) in [5.41, 5.74) is 6.38. The van der Waals surface area contributed by atoms with Crippen LogP contribution >= 0.6 is 0 Å². The Labute approximate surface area is 303 Å². The number of anilines is 4. The zero-order valence-electron chi connectivity index (χ0n) is 29.1. The number of amides is 2. The number of hydrogen-bond acceptors (Lipinski definition) is 8. The quantitative estimate of drug-likeness (QED) is 0.165. The van der Waals surface area contributed by atoms with Crippen molar-refractivity contribution >= 4 is 34.6 Å². The highest BCUT2D eigenvalue weighted by Gasteiger charge is 2.52. The maximum absolute atomic E-state index is 14.0. The summed E-state index contributed by atoms with van der Waals surface area (Å²) in [6.07, 6.45) is 8.55. The topological polar surface area (TPSA) is 165 Å². The molecule has 5 aromatic rings. The van der Waals surface area contributed by atoms with Gasteiger partial charge in [0.2, 0.25) is 0 Å². The van der Waals surface area contributed by atoms with Crippen LogP contribution < -0.4 is 21.3 Å². The number of nitriles is 1. The van der Waals surface area contributed by atoms with Gasteiger partial charge in [-0.1, -0.05) is 0 Å². The molecule has 2 amide bonds. The first-order valence-corrected chi connectivity index (χ1v) is 17.2. The van der Waals surface area contributed by atoms with E-state index in [4.69, 9.17) is 5.73 Å². The molecule has 2 aromatic carbocycles. The second kappa shape index (κ2) is 13.5. The number of nitrogens with zero attached hydrogens (tertiary/aromatic N) is 8. The zero-order chi connectivity index (χ0) is 37.5. The van der Waals surface area contributed by atoms with Gasteiger partial charge in [-0.15, -0.1) is 0 Å². The number of nitrogens with one attached hydrogen (secondary N) is 2. The van der Waals surface area contributed by atoms with E-state index < -0.39 is 28.7 Å². The van der Waals surface area contributed by atoms with E-state index >= 15 is 0 Å². The summed E-state index contributed by atoms with van der Waals surface area (Å²) in [5.74, 6) is -0.655. The van der Waals surface area contributed by atoms with Crippen LogP contribution in [0.1, 0.15) is 56.2 Å². The first-order chi connectivity index (χ1) is 25.3. The summed E-state index contributed by atoms with van der Waals surface area (Å²) in [7, 11) is 0. The van der Waals surface area contributed by atoms with E-state index in [0.29, 0.717) is 36.2 Å². The monoisotopic (exact) mass is 725 g/mol. The zero-order valence-corrected chi connectivity index (χ0v) is 29.1. The van der Waals surface area contributed by atoms with Crippen molar-refractivity contribution in [2.75, 3.05) is 34.4 Å². The number of halogens is 3. The van der Waals surface area contributed by atoms with E-state index in [9.17, 15) is 28.0 Å². The summed E-state index contributed by atoms with van der Waals surface area (Å²) >= 11 is 0. The van der Waals surface area contributed by atoms with Crippen LogP contribution in [0.15, 0.2) is 79.6 Å². The van der Waals surface area contributed by atoms with Crippen molar-refractivity contribution in [2.24, 2.45) is 5.92 Å². The minimum atomic E-state index is -4.58. The van der Waals surface area contributed by atoms with Crippen LogP contribution in [0.4, 0.5) is 35.9 Å². The summed E-state index contributed by atoms with van der Waals surface area (Å²) in [6.45, 7) is 5.04. The molecule has 53 heavy (non-hydrogen) atoms. The lowest BCUT2D eigenvalue weighted by Crippen LogP contribution is -2.55. The van der Waals surface area contributed by atoms with Gasteiger partial charge in [0.1, 0.15) is 17.1 Å². The van der Waals surface area contributed by atoms with E-state index in [-0.39, 0.29) is 23.2 Å². The molecule has 1 saturated heterocycles. The van der Waals surface area contributed by atoms with Gasteiger partial charge in [-0.3, -0.25) is 19.0 Å². The number of hydrogen-bond donors (Lipinski definition) is 3. The molecule has 274 valence electrons. The molecule has 7 rings (SSSR count). The standard InChI is InChI=1S/C37H38F3N11O2/c1-35(2,33(52)47-30-9-7-27(37(38,39)40)15-32(30)49-13-5-10-43-49)50-22-25(20-44-50)14-24-17-36(18-24,51-23-28(42)21-45-51)34(53)46-29-8-6-26(19-41)31(16-29)48-11-3-4-12-48/h5-10,13,15-16,20-24H,3-4,11-12,14,17-18,42H2,1-2H3,(H,46,53)(H,47,52). The van der Waals surface area contributed by atoms with Gasteiger partial charge in [-0.25, -0.2) is 4.68 Å². The smallest absolute Gasteiger partial charge is 0.396 e. The number of alkyl halides is 3. The maximum Gasteiger partial charge on any atom is 0.416 e. The predicted molar refractivity (Wildman–Crippen MR) is 191 cm³/mol. The highest BCUT2D eigenvalue weighted by atomic mass is 19.4. The molecule has 4 N–H and O–H groups in total. The van der Waals surface area contributed by atoms with Gasteiger partial charge in [-0.2, -0.15) is 33.7 Å². The van der Waals surface area contributed by atoms with Gasteiger partial charge >= 0.3 is 6.18 Å². The third kappa shape index (κ3) is 6.82. The normalized spacial score (nSPS) is 18.7. The Morgan fingerprint density at radius 2 is 1.77 bits per heavy atom. The van der Waals surface area contributed by atoms with Gasteiger partial charge in [0.25, 0.3) is 11.8 Å². The minimum absolute atomic E-state index is 0.0674. The third-order valence-electron chi connectivity index (χ3n) is 10.2. The molecular weight excluding hydrogens is 687 g/mol. The summed E-state index contributed by atoms with van der Waals surface area (Å²) < 4.78 is 44.9. The van der Waals surface area contributed by atoms with Crippen molar-refractivity contribution in [3.05, 3.63) is 96.3 Å². The number of benzene rings is 2. The van der Waals surface area contributed by atoms with E-state index in [1.807, 2.05) is 6.07 Å². The van der Waals surface area contributed by atoms with Crippen LogP contribution in [-0.2, 0) is 33.3 Å². The summed E-state index contributed by atoms with van der Waals surface area (Å²) in [5, 5.41) is 28.5. The SMILES string of the molecule is CC(C)(C(=O)Nc1ccc(C(F)(F)F)cc1-n1cccn1)n1cc(CC2CC(C(=O)Nc3ccc(C#N)c(N4CCCC4)c3)(n3cc(N)cn3)C2)cn1. The van der Waals surface area contributed by atoms with E-state index in [1.165, 1.54) is 34.0 Å². The van der Waals surface area contributed by atoms with Crippen molar-refractivity contribution in [1.29, 1.82) is 5.26 Å². The van der Waals surface area contributed by atoms with Gasteiger partial charge < -0.3 is 21.3 Å². The van der Waals surface area contributed by atoms with Gasteiger partial charge in [0.15, 0.2) is 0 Å². The van der Waals surface area contributed by atoms with E-state index in [1.54, 1.807) is 55.3 Å². The fraction of sp³-hybridized carbons (Fsp3) is 0.351. The Bertz CT molecular complexity index is 2180. The molecule has 0 unspecified atom stereocenters. The molecule has 16 heteroatoms. The van der Waals surface area contributed by atoms with Gasteiger partial charge in [-0.05, 0) is 99.9 Å². The molecule has 1 saturated carbocycles. The van der Waals surface area contributed by atoms with Crippen molar-refractivity contribution in [3.63, 3.8) is 0 Å². The maximum atomic E-state index is 14.0. The van der Waals surface area contributed by atoms with Crippen molar-refractivity contribution in [1.82, 2.24) is 29.3 Å². The first kappa shape index (κ1) is 35.3. The number of rotatable bonds is 10. The highest BCUT2D eigenvalue weighted by Crippen LogP contribution is 2.46. The molecule has 2 aliphatic rings. The molecule has 0 radical (unpaired) electrons. The van der Waals surface area contributed by atoms with Crippen LogP contribution in [0, 0.1) is 17.2 Å². The Balaban J connectivity index is 1.05. The van der Waals surface area contributed by atoms with Crippen LogP contribution in [0.3, 0.4) is 0 Å². The Morgan fingerprint density at radius 3 is 2.43 bits per heavy atom. The predicted octanol–water partition coefficient (Wildman–Crippen LogP) is 5.70. The molecule has 0 spiro atoms. The number of carbonyl (C=O) groups excluding carboxylic acids is 2. The second-order valence-corrected chi connectivity index (χ2v) is 14.2. The first-order valence-electron chi connectivity index (χ1n) is 17.2. The average molecular weight is 726 g/mol. The number of nitrogen functional groups attached to an aromatic ring is 1. The molecule has 1 aliphatic heterocycles. The van der Waals surface area contributed by atoms with Crippen LogP contribution in [0.25, 0.3) is 5.69 Å². The van der Waals surface area contributed by atoms with E-state index in [0.717, 1.165) is 49.3 Å². The average Bonchev–Trinajstić information content (AvgIpc) is 3.94. The Morgan fingerprint density at radius 1 is 1.00 bits per heavy atom. The van der Waals surface area contributed by atoms with Crippen LogP contribution in [0.5, 0.6) is 0 Å². The molecule has 4 heterocycles. The lowest BCUT2D eigenvalue weighted by atomic mass is 9.65. The van der Waals surface area contributed by atoms with E-state index in [2.05, 4.69) is 36.9 Å². The van der Waals surface area contributed by atoms with Crippen molar-refractivity contribution in [3.8, 4) is 11.8 Å². The largest absolute Gasteiger partial charge is 0.416 e. The van der Waals surface area contributed by atoms with Crippen LogP contribution in [-0.4, -0.2) is 54.2 Å².